The van der Waals surface area contributed by atoms with Crippen LogP contribution < -0.4 is 56.5 Å². The van der Waals surface area contributed by atoms with Gasteiger partial charge >= 0.3 is 51.4 Å². The molecule has 0 aliphatic heterocycles. The summed E-state index contributed by atoms with van der Waals surface area (Å²) in [7, 11) is 0. The minimum absolute atomic E-state index is 0. The zero-order chi connectivity index (χ0) is 5.15. The molecule has 0 fully saturated rings. The van der Waals surface area contributed by atoms with Gasteiger partial charge in [-0.3, -0.25) is 0 Å². The third-order valence-electron chi connectivity index (χ3n) is 0.341. The normalized spacial score (nSPS) is 8.20. The summed E-state index contributed by atoms with van der Waals surface area (Å²) in [6.07, 6.45) is -1.34. The van der Waals surface area contributed by atoms with Crippen LogP contribution in [0.3, 0.4) is 0 Å². The smallest absolute Gasteiger partial charge is 0.547 e. The zero-order valence-electron chi connectivity index (χ0n) is 5.84. The van der Waals surface area contributed by atoms with Crippen molar-refractivity contribution in [1.29, 1.82) is 0 Å². The van der Waals surface area contributed by atoms with Crippen LogP contribution in [0.5, 0.6) is 0 Å². The van der Waals surface area contributed by atoms with Crippen LogP contribution in [-0.2, 0) is 4.79 Å². The Hall–Kier alpha value is 0.946. The van der Waals surface area contributed by atoms with Crippen molar-refractivity contribution < 1.29 is 82.8 Å². The van der Waals surface area contributed by atoms with Crippen LogP contribution >= 0.6 is 0 Å². The maximum Gasteiger partial charge on any atom is 1.00 e. The van der Waals surface area contributed by atoms with Gasteiger partial charge in [0.05, 0.1) is 12.1 Å². The number of rotatable bonds is 1. The van der Waals surface area contributed by atoms with Crippen molar-refractivity contribution in [1.82, 2.24) is 0 Å². The number of carboxylic acids is 1. The summed E-state index contributed by atoms with van der Waals surface area (Å²) in [6.45, 7) is 1.13. The second-order valence-electron chi connectivity index (χ2n) is 0.995. The van der Waals surface area contributed by atoms with Crippen LogP contribution in [-0.4, -0.2) is 33.6 Å². The molecule has 0 saturated heterocycles. The molecule has 0 aliphatic carbocycles. The average Bonchev–Trinajstić information content (AvgIpc) is 1.36. The van der Waals surface area contributed by atoms with E-state index < -0.39 is 12.1 Å². The number of aliphatic hydroxyl groups is 1. The molecular weight excluding hydrogens is 171 g/mol. The number of aliphatic carboxylic acids is 1. The fourth-order valence-electron chi connectivity index (χ4n) is 0. The van der Waals surface area contributed by atoms with Crippen LogP contribution in [0.25, 0.3) is 0 Å². The molecule has 7 N–H and O–H groups in total. The molecule has 6 nitrogen and oxygen atoms in total. The van der Waals surface area contributed by atoms with Crippen molar-refractivity contribution in [2.24, 2.45) is 0 Å². The molecule has 1 atom stereocenters. The predicted octanol–water partition coefficient (Wildman–Crippen LogP) is -7.35. The van der Waals surface area contributed by atoms with E-state index in [0.29, 0.717) is 0 Å². The van der Waals surface area contributed by atoms with Gasteiger partial charge in [-0.15, -0.1) is 0 Å². The Kier molecular flexibility index (Phi) is 50.5. The number of carbonyl (C=O) groups is 1. The Morgan fingerprint density at radius 2 is 1.50 bits per heavy atom. The second-order valence-corrected chi connectivity index (χ2v) is 0.995. The number of carboxylic acid groups (broad SMARTS) is 1. The van der Waals surface area contributed by atoms with E-state index in [4.69, 9.17) is 5.11 Å². The Balaban J connectivity index is -0.0000000208. The molecule has 0 aromatic heterocycles. The SMILES string of the molecule is CC(O)C(=O)[O-].O.O.O.[K+]. The largest absolute Gasteiger partial charge is 1.00 e. The van der Waals surface area contributed by atoms with Gasteiger partial charge in [0.25, 0.3) is 0 Å². The van der Waals surface area contributed by atoms with Gasteiger partial charge in [-0.1, -0.05) is 0 Å². The van der Waals surface area contributed by atoms with Crippen LogP contribution in [0.15, 0.2) is 0 Å². The molecule has 0 radical (unpaired) electrons. The number of hydrogen-bond acceptors (Lipinski definition) is 3. The van der Waals surface area contributed by atoms with Gasteiger partial charge < -0.3 is 31.4 Å². The van der Waals surface area contributed by atoms with E-state index in [1.54, 1.807) is 0 Å². The second kappa shape index (κ2) is 16.5. The fourth-order valence-corrected chi connectivity index (χ4v) is 0. The molecule has 60 valence electrons. The van der Waals surface area contributed by atoms with Crippen LogP contribution in [0.2, 0.25) is 0 Å². The van der Waals surface area contributed by atoms with Gasteiger partial charge in [-0.25, -0.2) is 0 Å². The molecule has 0 bridgehead atoms. The zero-order valence-corrected chi connectivity index (χ0v) is 8.96. The van der Waals surface area contributed by atoms with Gasteiger partial charge in [-0.2, -0.15) is 0 Å². The molecule has 0 heterocycles. The molecule has 1 unspecified atom stereocenters. The molecule has 0 amide bonds. The number of aliphatic hydroxyl groups excluding tert-OH is 1. The minimum atomic E-state index is -1.44. The first-order valence-electron chi connectivity index (χ1n) is 1.53. The number of hydrogen-bond donors (Lipinski definition) is 1. The summed E-state index contributed by atoms with van der Waals surface area (Å²) < 4.78 is 0. The number of carbonyl (C=O) groups excluding carboxylic acids is 1. The molecule has 0 saturated carbocycles. The van der Waals surface area contributed by atoms with Crippen molar-refractivity contribution in [3.05, 3.63) is 0 Å². The molecule has 0 aromatic carbocycles. The molecular formula is C3H11KO6. The summed E-state index contributed by atoms with van der Waals surface area (Å²) in [6, 6.07) is 0. The molecule has 0 aliphatic rings. The van der Waals surface area contributed by atoms with Gasteiger partial charge in [0.2, 0.25) is 0 Å². The van der Waals surface area contributed by atoms with Gasteiger partial charge in [0.1, 0.15) is 0 Å². The Bertz CT molecular complexity index is 64.0. The van der Waals surface area contributed by atoms with E-state index in [2.05, 4.69) is 0 Å². The summed E-state index contributed by atoms with van der Waals surface area (Å²) in [5, 5.41) is 17.3. The maximum absolute atomic E-state index is 9.34. The third kappa shape index (κ3) is 23.1. The molecule has 0 aromatic rings. The average molecular weight is 182 g/mol. The topological polar surface area (TPSA) is 155 Å². The Labute approximate surface area is 101 Å². The Morgan fingerprint density at radius 1 is 1.40 bits per heavy atom. The summed E-state index contributed by atoms with van der Waals surface area (Å²) >= 11 is 0. The first-order valence-corrected chi connectivity index (χ1v) is 1.53. The monoisotopic (exact) mass is 182 g/mol. The first-order chi connectivity index (χ1) is 2.64. The van der Waals surface area contributed by atoms with Crippen molar-refractivity contribution in [2.75, 3.05) is 0 Å². The van der Waals surface area contributed by atoms with Gasteiger partial charge in [0, 0.05) is 0 Å². The van der Waals surface area contributed by atoms with Gasteiger partial charge in [-0.05, 0) is 6.92 Å². The van der Waals surface area contributed by atoms with Crippen molar-refractivity contribution >= 4 is 5.97 Å². The fraction of sp³-hybridized carbons (Fsp3) is 0.667. The minimum Gasteiger partial charge on any atom is -0.547 e. The molecule has 0 rings (SSSR count). The summed E-state index contributed by atoms with van der Waals surface area (Å²) in [5.74, 6) is -1.44. The van der Waals surface area contributed by atoms with E-state index >= 15 is 0 Å². The van der Waals surface area contributed by atoms with Crippen LogP contribution in [0.4, 0.5) is 0 Å². The van der Waals surface area contributed by atoms with E-state index in [1.807, 2.05) is 0 Å². The van der Waals surface area contributed by atoms with E-state index in [0.717, 1.165) is 6.92 Å². The van der Waals surface area contributed by atoms with E-state index in [1.165, 1.54) is 0 Å². The molecule has 0 spiro atoms. The van der Waals surface area contributed by atoms with Crippen LogP contribution in [0, 0.1) is 0 Å². The standard InChI is InChI=1S/C3H6O3.K.3H2O/c1-2(4)3(5)6;;;;/h2,4H,1H3,(H,5,6);;3*1H2/q;+1;;;/p-1. The van der Waals surface area contributed by atoms with Crippen molar-refractivity contribution in [3.8, 4) is 0 Å². The summed E-state index contributed by atoms with van der Waals surface area (Å²) in [4.78, 5) is 9.34. The van der Waals surface area contributed by atoms with Crippen LogP contribution in [0.1, 0.15) is 6.92 Å². The summed E-state index contributed by atoms with van der Waals surface area (Å²) in [5.41, 5.74) is 0. The van der Waals surface area contributed by atoms with Crippen molar-refractivity contribution in [2.45, 2.75) is 13.0 Å². The van der Waals surface area contributed by atoms with Gasteiger partial charge in [0.15, 0.2) is 0 Å². The third-order valence-corrected chi connectivity index (χ3v) is 0.341. The van der Waals surface area contributed by atoms with Crippen molar-refractivity contribution in [3.63, 3.8) is 0 Å². The van der Waals surface area contributed by atoms with E-state index in [9.17, 15) is 9.90 Å². The maximum atomic E-state index is 9.34. The molecule has 7 heteroatoms. The molecule has 10 heavy (non-hydrogen) atoms. The first kappa shape index (κ1) is 30.6. The predicted molar refractivity (Wildman–Crippen MR) is 27.5 cm³/mol. The quantitative estimate of drug-likeness (QED) is 0.400. The van der Waals surface area contributed by atoms with E-state index in [-0.39, 0.29) is 67.8 Å². The Morgan fingerprint density at radius 3 is 1.50 bits per heavy atom.